The van der Waals surface area contributed by atoms with Crippen LogP contribution in [0, 0.1) is 5.82 Å². The fraction of sp³-hybridized carbons (Fsp3) is 0.273. The van der Waals surface area contributed by atoms with Gasteiger partial charge in [0.05, 0.1) is 17.9 Å². The number of benzene rings is 1. The molecule has 1 atom stereocenters. The highest BCUT2D eigenvalue weighted by molar-refractivity contribution is 5.97. The first-order valence-corrected chi connectivity index (χ1v) is 5.56. The summed E-state index contributed by atoms with van der Waals surface area (Å²) in [5.41, 5.74) is 0.446. The Morgan fingerprint density at radius 2 is 2.37 bits per heavy atom. The first-order chi connectivity index (χ1) is 9.11. The SMILES string of the molecule is C[C@H](CO)NC(=O)c1cc(F)ccc1-n1cnnn1. The molecule has 0 spiro atoms. The number of hydrogen-bond donors (Lipinski definition) is 2. The highest BCUT2D eigenvalue weighted by Crippen LogP contribution is 2.15. The predicted octanol–water partition coefficient (Wildman–Crippen LogP) is -0.0880. The molecule has 0 unspecified atom stereocenters. The first-order valence-electron chi connectivity index (χ1n) is 5.56. The van der Waals surface area contributed by atoms with Gasteiger partial charge in [-0.25, -0.2) is 4.39 Å². The lowest BCUT2D eigenvalue weighted by Gasteiger charge is -2.13. The summed E-state index contributed by atoms with van der Waals surface area (Å²) in [6.07, 6.45) is 1.31. The van der Waals surface area contributed by atoms with Gasteiger partial charge in [-0.15, -0.1) is 5.10 Å². The predicted molar refractivity (Wildman–Crippen MR) is 63.1 cm³/mol. The smallest absolute Gasteiger partial charge is 0.253 e. The summed E-state index contributed by atoms with van der Waals surface area (Å²) in [6.45, 7) is 1.43. The molecule has 0 aliphatic heterocycles. The number of halogens is 1. The molecule has 2 aromatic rings. The summed E-state index contributed by atoms with van der Waals surface area (Å²) >= 11 is 0. The van der Waals surface area contributed by atoms with Crippen LogP contribution in [0.25, 0.3) is 5.69 Å². The summed E-state index contributed by atoms with van der Waals surface area (Å²) in [5, 5.41) is 22.0. The Hall–Kier alpha value is -2.35. The van der Waals surface area contributed by atoms with E-state index in [0.29, 0.717) is 5.69 Å². The zero-order chi connectivity index (χ0) is 13.8. The lowest BCUT2D eigenvalue weighted by molar-refractivity contribution is 0.0921. The van der Waals surface area contributed by atoms with Crippen LogP contribution in [0.3, 0.4) is 0 Å². The van der Waals surface area contributed by atoms with Crippen LogP contribution in [-0.4, -0.2) is 43.9 Å². The molecule has 2 rings (SSSR count). The van der Waals surface area contributed by atoms with E-state index in [-0.39, 0.29) is 12.2 Å². The van der Waals surface area contributed by atoms with Crippen LogP contribution in [0.2, 0.25) is 0 Å². The van der Waals surface area contributed by atoms with Crippen LogP contribution in [-0.2, 0) is 0 Å². The van der Waals surface area contributed by atoms with Gasteiger partial charge in [0.1, 0.15) is 12.1 Å². The molecule has 19 heavy (non-hydrogen) atoms. The molecule has 0 saturated carbocycles. The molecule has 1 heterocycles. The van der Waals surface area contributed by atoms with Crippen molar-refractivity contribution in [2.45, 2.75) is 13.0 Å². The molecule has 0 saturated heterocycles. The van der Waals surface area contributed by atoms with Gasteiger partial charge >= 0.3 is 0 Å². The summed E-state index contributed by atoms with van der Waals surface area (Å²) in [7, 11) is 0. The van der Waals surface area contributed by atoms with E-state index in [2.05, 4.69) is 20.8 Å². The minimum atomic E-state index is -0.543. The number of aromatic nitrogens is 4. The zero-order valence-electron chi connectivity index (χ0n) is 10.1. The average Bonchev–Trinajstić information content (AvgIpc) is 2.92. The van der Waals surface area contributed by atoms with Crippen molar-refractivity contribution in [1.29, 1.82) is 0 Å². The van der Waals surface area contributed by atoms with E-state index in [0.717, 1.165) is 6.07 Å². The molecule has 0 aliphatic rings. The molecular formula is C11H12FN5O2. The molecule has 100 valence electrons. The third kappa shape index (κ3) is 2.91. The van der Waals surface area contributed by atoms with Crippen molar-refractivity contribution < 1.29 is 14.3 Å². The van der Waals surface area contributed by atoms with E-state index < -0.39 is 17.8 Å². The molecular weight excluding hydrogens is 253 g/mol. The van der Waals surface area contributed by atoms with Gasteiger partial charge in [0.15, 0.2) is 0 Å². The highest BCUT2D eigenvalue weighted by Gasteiger charge is 2.16. The molecule has 7 nitrogen and oxygen atoms in total. The molecule has 0 fully saturated rings. The van der Waals surface area contributed by atoms with Crippen molar-refractivity contribution in [2.24, 2.45) is 0 Å². The van der Waals surface area contributed by atoms with Crippen LogP contribution in [0.15, 0.2) is 24.5 Å². The molecule has 0 radical (unpaired) electrons. The van der Waals surface area contributed by atoms with E-state index in [1.54, 1.807) is 6.92 Å². The van der Waals surface area contributed by atoms with Crippen molar-refractivity contribution in [1.82, 2.24) is 25.5 Å². The van der Waals surface area contributed by atoms with Crippen molar-refractivity contribution >= 4 is 5.91 Å². The van der Waals surface area contributed by atoms with Gasteiger partial charge < -0.3 is 10.4 Å². The van der Waals surface area contributed by atoms with Crippen LogP contribution in [0.4, 0.5) is 4.39 Å². The Morgan fingerprint density at radius 3 is 3.00 bits per heavy atom. The number of carbonyl (C=O) groups is 1. The number of amides is 1. The lowest BCUT2D eigenvalue weighted by Crippen LogP contribution is -2.35. The van der Waals surface area contributed by atoms with E-state index in [9.17, 15) is 9.18 Å². The molecule has 0 aliphatic carbocycles. The molecule has 1 aromatic carbocycles. The maximum Gasteiger partial charge on any atom is 0.253 e. The van der Waals surface area contributed by atoms with Crippen molar-refractivity contribution in [3.05, 3.63) is 35.9 Å². The Balaban J connectivity index is 2.38. The van der Waals surface area contributed by atoms with Crippen LogP contribution in [0.1, 0.15) is 17.3 Å². The molecule has 1 aromatic heterocycles. The maximum atomic E-state index is 13.3. The summed E-state index contributed by atoms with van der Waals surface area (Å²) < 4.78 is 14.5. The molecule has 0 bridgehead atoms. The standard InChI is InChI=1S/C11H12FN5O2/c1-7(5-18)14-11(19)9-4-8(12)2-3-10(9)17-6-13-15-16-17/h2-4,6-7,18H,5H2,1H3,(H,14,19)/t7-/m1/s1. The Labute approximate surface area is 108 Å². The van der Waals surface area contributed by atoms with E-state index in [1.807, 2.05) is 0 Å². The number of aliphatic hydroxyl groups is 1. The maximum absolute atomic E-state index is 13.3. The average molecular weight is 265 g/mol. The zero-order valence-corrected chi connectivity index (χ0v) is 10.1. The molecule has 8 heteroatoms. The minimum Gasteiger partial charge on any atom is -0.394 e. The number of rotatable bonds is 4. The number of aliphatic hydroxyl groups excluding tert-OH is 1. The second-order valence-electron chi connectivity index (χ2n) is 3.97. The minimum absolute atomic E-state index is 0.0904. The highest BCUT2D eigenvalue weighted by atomic mass is 19.1. The van der Waals surface area contributed by atoms with Gasteiger partial charge in [-0.1, -0.05) is 0 Å². The van der Waals surface area contributed by atoms with Crippen LogP contribution in [0.5, 0.6) is 0 Å². The number of nitrogens with zero attached hydrogens (tertiary/aromatic N) is 4. The van der Waals surface area contributed by atoms with Crippen molar-refractivity contribution in [2.75, 3.05) is 6.61 Å². The van der Waals surface area contributed by atoms with Crippen LogP contribution < -0.4 is 5.32 Å². The lowest BCUT2D eigenvalue weighted by atomic mass is 10.1. The summed E-state index contributed by atoms with van der Waals surface area (Å²) in [4.78, 5) is 12.0. The Kier molecular flexibility index (Phi) is 3.81. The Morgan fingerprint density at radius 1 is 1.58 bits per heavy atom. The van der Waals surface area contributed by atoms with Gasteiger partial charge in [-0.05, 0) is 35.5 Å². The van der Waals surface area contributed by atoms with Gasteiger partial charge in [0.2, 0.25) is 0 Å². The van der Waals surface area contributed by atoms with Crippen molar-refractivity contribution in [3.8, 4) is 5.69 Å². The number of hydrogen-bond acceptors (Lipinski definition) is 5. The third-order valence-corrected chi connectivity index (χ3v) is 2.45. The topological polar surface area (TPSA) is 92.9 Å². The number of tetrazole rings is 1. The van der Waals surface area contributed by atoms with Gasteiger partial charge in [0.25, 0.3) is 5.91 Å². The molecule has 2 N–H and O–H groups in total. The quantitative estimate of drug-likeness (QED) is 0.806. The second-order valence-corrected chi connectivity index (χ2v) is 3.97. The fourth-order valence-corrected chi connectivity index (χ4v) is 1.51. The summed E-state index contributed by atoms with van der Waals surface area (Å²) in [5.74, 6) is -1.05. The van der Waals surface area contributed by atoms with E-state index >= 15 is 0 Å². The second kappa shape index (κ2) is 5.53. The normalized spacial score (nSPS) is 12.2. The fourth-order valence-electron chi connectivity index (χ4n) is 1.51. The number of nitrogens with one attached hydrogen (secondary N) is 1. The van der Waals surface area contributed by atoms with Gasteiger partial charge in [-0.2, -0.15) is 4.68 Å². The monoisotopic (exact) mass is 265 g/mol. The van der Waals surface area contributed by atoms with Gasteiger partial charge in [-0.3, -0.25) is 4.79 Å². The van der Waals surface area contributed by atoms with Crippen molar-refractivity contribution in [3.63, 3.8) is 0 Å². The Bertz CT molecular complexity index is 572. The van der Waals surface area contributed by atoms with Crippen LogP contribution >= 0.6 is 0 Å². The summed E-state index contributed by atoms with van der Waals surface area (Å²) in [6, 6.07) is 3.28. The third-order valence-electron chi connectivity index (χ3n) is 2.45. The van der Waals surface area contributed by atoms with E-state index in [1.165, 1.54) is 23.1 Å². The first kappa shape index (κ1) is 13.1. The van der Waals surface area contributed by atoms with E-state index in [4.69, 9.17) is 5.11 Å². The van der Waals surface area contributed by atoms with Gasteiger partial charge in [0, 0.05) is 6.04 Å². The molecule has 1 amide bonds. The number of carbonyl (C=O) groups excluding carboxylic acids is 1. The largest absolute Gasteiger partial charge is 0.394 e.